The van der Waals surface area contributed by atoms with Gasteiger partial charge in [0, 0.05) is 23.8 Å². The number of hydrogen-bond acceptors (Lipinski definition) is 8. The Labute approximate surface area is 110 Å². The first kappa shape index (κ1) is 12.8. The van der Waals surface area contributed by atoms with E-state index < -0.39 is 16.6 Å². The van der Waals surface area contributed by atoms with E-state index in [1.54, 1.807) is 6.92 Å². The molecule has 0 aliphatic carbocycles. The maximum atomic E-state index is 10.9. The first-order chi connectivity index (χ1) is 8.97. The van der Waals surface area contributed by atoms with Gasteiger partial charge in [-0.05, 0) is 6.92 Å². The number of aromatic nitrogens is 3. The highest BCUT2D eigenvalue weighted by Gasteiger charge is 2.19. The van der Waals surface area contributed by atoms with Gasteiger partial charge in [-0.15, -0.1) is 0 Å². The van der Waals surface area contributed by atoms with Crippen molar-refractivity contribution < 1.29 is 14.8 Å². The summed E-state index contributed by atoms with van der Waals surface area (Å²) >= 11 is 1.02. The molecule has 19 heavy (non-hydrogen) atoms. The molecule has 9 nitrogen and oxygen atoms in total. The number of anilines is 2. The average Bonchev–Trinajstić information content (AvgIpc) is 2.74. The predicted molar refractivity (Wildman–Crippen MR) is 65.8 cm³/mol. The van der Waals surface area contributed by atoms with Gasteiger partial charge in [0.05, 0.1) is 10.5 Å². The van der Waals surface area contributed by atoms with Crippen LogP contribution in [0.15, 0.2) is 12.3 Å². The standard InChI is InChI=1S/C9H7N5O4S/c1-4-11-9(19-13-4)12-7-6(14(17)18)2-5(3-10-7)8(15)16/h2-3H,1H3,(H,15,16)(H,10,11,12,13). The zero-order valence-electron chi connectivity index (χ0n) is 9.52. The number of carboxylic acids is 1. The van der Waals surface area contributed by atoms with Crippen LogP contribution in [0.4, 0.5) is 16.6 Å². The number of aromatic carboxylic acids is 1. The van der Waals surface area contributed by atoms with Crippen molar-refractivity contribution in [2.45, 2.75) is 6.92 Å². The Morgan fingerprint density at radius 1 is 1.58 bits per heavy atom. The summed E-state index contributed by atoms with van der Waals surface area (Å²) in [5, 5.41) is 22.6. The number of pyridine rings is 1. The Hall–Kier alpha value is -2.62. The van der Waals surface area contributed by atoms with E-state index in [-0.39, 0.29) is 11.4 Å². The molecule has 0 atom stereocenters. The highest BCUT2D eigenvalue weighted by Crippen LogP contribution is 2.26. The van der Waals surface area contributed by atoms with Gasteiger partial charge in [-0.3, -0.25) is 10.1 Å². The molecule has 2 aromatic heterocycles. The maximum absolute atomic E-state index is 10.9. The van der Waals surface area contributed by atoms with Crippen LogP contribution in [0.1, 0.15) is 16.2 Å². The van der Waals surface area contributed by atoms with Gasteiger partial charge in [-0.2, -0.15) is 4.37 Å². The highest BCUT2D eigenvalue weighted by molar-refractivity contribution is 7.09. The number of hydrogen-bond donors (Lipinski definition) is 2. The number of carboxylic acid groups (broad SMARTS) is 1. The molecular weight excluding hydrogens is 274 g/mol. The molecule has 0 unspecified atom stereocenters. The van der Waals surface area contributed by atoms with Gasteiger partial charge in [-0.25, -0.2) is 14.8 Å². The minimum absolute atomic E-state index is 0.0776. The molecule has 98 valence electrons. The van der Waals surface area contributed by atoms with Crippen molar-refractivity contribution >= 4 is 34.1 Å². The van der Waals surface area contributed by atoms with Gasteiger partial charge < -0.3 is 10.4 Å². The Bertz CT molecular complexity index is 656. The van der Waals surface area contributed by atoms with Crippen molar-refractivity contribution in [3.05, 3.63) is 33.8 Å². The monoisotopic (exact) mass is 281 g/mol. The minimum Gasteiger partial charge on any atom is -0.478 e. The molecular formula is C9H7N5O4S. The molecule has 0 saturated carbocycles. The first-order valence-electron chi connectivity index (χ1n) is 4.92. The van der Waals surface area contributed by atoms with Crippen LogP contribution in [0, 0.1) is 17.0 Å². The summed E-state index contributed by atoms with van der Waals surface area (Å²) in [6.07, 6.45) is 1.03. The van der Waals surface area contributed by atoms with Crippen molar-refractivity contribution in [3.63, 3.8) is 0 Å². The molecule has 2 aromatic rings. The van der Waals surface area contributed by atoms with E-state index in [2.05, 4.69) is 19.7 Å². The van der Waals surface area contributed by atoms with Crippen LogP contribution in [0.5, 0.6) is 0 Å². The van der Waals surface area contributed by atoms with Crippen molar-refractivity contribution in [3.8, 4) is 0 Å². The van der Waals surface area contributed by atoms with E-state index in [9.17, 15) is 14.9 Å². The van der Waals surface area contributed by atoms with Crippen LogP contribution in [-0.2, 0) is 0 Å². The van der Waals surface area contributed by atoms with E-state index in [1.807, 2.05) is 0 Å². The zero-order valence-corrected chi connectivity index (χ0v) is 10.3. The lowest BCUT2D eigenvalue weighted by atomic mass is 10.2. The summed E-state index contributed by atoms with van der Waals surface area (Å²) in [7, 11) is 0. The van der Waals surface area contributed by atoms with Crippen LogP contribution in [0.2, 0.25) is 0 Å². The molecule has 0 amide bonds. The molecule has 0 radical (unpaired) electrons. The SMILES string of the molecule is Cc1nsc(Nc2ncc(C(=O)O)cc2[N+](=O)[O-])n1. The molecule has 0 aliphatic heterocycles. The predicted octanol–water partition coefficient (Wildman–Crippen LogP) is 1.59. The number of nitrogens with zero attached hydrogens (tertiary/aromatic N) is 4. The molecule has 0 fully saturated rings. The van der Waals surface area contributed by atoms with Crippen molar-refractivity contribution in [2.24, 2.45) is 0 Å². The quantitative estimate of drug-likeness (QED) is 0.637. The molecule has 2 N–H and O–H groups in total. The van der Waals surface area contributed by atoms with E-state index in [4.69, 9.17) is 5.11 Å². The molecule has 2 heterocycles. The molecule has 0 aliphatic rings. The number of nitrogens with one attached hydrogen (secondary N) is 1. The van der Waals surface area contributed by atoms with Gasteiger partial charge in [0.2, 0.25) is 10.9 Å². The second-order valence-corrected chi connectivity index (χ2v) is 4.18. The Morgan fingerprint density at radius 3 is 2.84 bits per heavy atom. The van der Waals surface area contributed by atoms with Gasteiger partial charge in [-0.1, -0.05) is 0 Å². The lowest BCUT2D eigenvalue weighted by Crippen LogP contribution is -2.04. The maximum Gasteiger partial charge on any atom is 0.337 e. The second-order valence-electron chi connectivity index (χ2n) is 3.43. The molecule has 10 heteroatoms. The zero-order chi connectivity index (χ0) is 14.0. The van der Waals surface area contributed by atoms with Crippen molar-refractivity contribution in [1.29, 1.82) is 0 Å². The fourth-order valence-electron chi connectivity index (χ4n) is 1.25. The van der Waals surface area contributed by atoms with Gasteiger partial charge >= 0.3 is 11.7 Å². The highest BCUT2D eigenvalue weighted by atomic mass is 32.1. The number of rotatable bonds is 4. The Balaban J connectivity index is 2.39. The number of nitro groups is 1. The minimum atomic E-state index is -1.28. The van der Waals surface area contributed by atoms with Crippen LogP contribution in [-0.4, -0.2) is 30.3 Å². The van der Waals surface area contributed by atoms with Gasteiger partial charge in [0.25, 0.3) is 0 Å². The Kier molecular flexibility index (Phi) is 3.33. The van der Waals surface area contributed by atoms with E-state index in [1.165, 1.54) is 0 Å². The van der Waals surface area contributed by atoms with E-state index in [0.717, 1.165) is 23.8 Å². The summed E-state index contributed by atoms with van der Waals surface area (Å²) in [4.78, 5) is 28.6. The van der Waals surface area contributed by atoms with Gasteiger partial charge in [0.1, 0.15) is 5.82 Å². The molecule has 0 aromatic carbocycles. The fourth-order valence-corrected chi connectivity index (χ4v) is 1.83. The third-order valence-corrected chi connectivity index (χ3v) is 2.79. The van der Waals surface area contributed by atoms with E-state index >= 15 is 0 Å². The summed E-state index contributed by atoms with van der Waals surface area (Å²) in [5.74, 6) is -0.836. The molecule has 0 bridgehead atoms. The first-order valence-corrected chi connectivity index (χ1v) is 5.70. The average molecular weight is 281 g/mol. The number of carbonyl (C=O) groups is 1. The van der Waals surface area contributed by atoms with Crippen molar-refractivity contribution in [2.75, 3.05) is 5.32 Å². The summed E-state index contributed by atoms with van der Waals surface area (Å²) in [5.41, 5.74) is -0.696. The van der Waals surface area contributed by atoms with Crippen LogP contribution >= 0.6 is 11.5 Å². The van der Waals surface area contributed by atoms with Gasteiger partial charge in [0.15, 0.2) is 0 Å². The topological polar surface area (TPSA) is 131 Å². The van der Waals surface area contributed by atoms with Crippen LogP contribution < -0.4 is 5.32 Å². The molecule has 2 rings (SSSR count). The van der Waals surface area contributed by atoms with Crippen LogP contribution in [0.3, 0.4) is 0 Å². The third kappa shape index (κ3) is 2.80. The van der Waals surface area contributed by atoms with Crippen molar-refractivity contribution in [1.82, 2.24) is 14.3 Å². The number of aryl methyl sites for hydroxylation is 1. The normalized spacial score (nSPS) is 10.2. The molecule has 0 spiro atoms. The lowest BCUT2D eigenvalue weighted by molar-refractivity contribution is -0.384. The Morgan fingerprint density at radius 2 is 2.32 bits per heavy atom. The second kappa shape index (κ2) is 4.94. The van der Waals surface area contributed by atoms with E-state index in [0.29, 0.717) is 11.0 Å². The third-order valence-electron chi connectivity index (χ3n) is 2.06. The lowest BCUT2D eigenvalue weighted by Gasteiger charge is -2.03. The summed E-state index contributed by atoms with van der Waals surface area (Å²) in [6.45, 7) is 1.68. The smallest absolute Gasteiger partial charge is 0.337 e. The fraction of sp³-hybridized carbons (Fsp3) is 0.111. The van der Waals surface area contributed by atoms with Crippen LogP contribution in [0.25, 0.3) is 0 Å². The largest absolute Gasteiger partial charge is 0.478 e. The summed E-state index contributed by atoms with van der Waals surface area (Å²) in [6, 6.07) is 0.936. The molecule has 0 saturated heterocycles. The summed E-state index contributed by atoms with van der Waals surface area (Å²) < 4.78 is 3.91.